The molecule has 0 aliphatic carbocycles. The SMILES string of the molecule is CO[Si](CCCOC(C)=O)(OC)OC. The molecule has 0 aliphatic rings. The predicted octanol–water partition coefficient (Wildman–Crippen LogP) is 0.818. The molecule has 0 unspecified atom stereocenters. The molecule has 84 valence electrons. The van der Waals surface area contributed by atoms with Gasteiger partial charge in [-0.2, -0.15) is 0 Å². The number of ether oxygens (including phenoxy) is 1. The van der Waals surface area contributed by atoms with Crippen LogP contribution in [0, 0.1) is 0 Å². The summed E-state index contributed by atoms with van der Waals surface area (Å²) in [5.41, 5.74) is 0. The van der Waals surface area contributed by atoms with Crippen LogP contribution in [-0.2, 0) is 22.8 Å². The minimum Gasteiger partial charge on any atom is -0.466 e. The molecule has 0 amide bonds. The highest BCUT2D eigenvalue weighted by Gasteiger charge is 2.36. The molecule has 0 N–H and O–H groups in total. The third-order valence-electron chi connectivity index (χ3n) is 1.87. The van der Waals surface area contributed by atoms with E-state index in [9.17, 15) is 4.79 Å². The molecular formula is C8H18O5Si. The van der Waals surface area contributed by atoms with Gasteiger partial charge in [0.15, 0.2) is 0 Å². The molecule has 0 spiro atoms. The lowest BCUT2D eigenvalue weighted by atomic mass is 10.5. The van der Waals surface area contributed by atoms with Crippen molar-refractivity contribution in [1.29, 1.82) is 0 Å². The summed E-state index contributed by atoms with van der Waals surface area (Å²) in [6.07, 6.45) is 0.682. The van der Waals surface area contributed by atoms with Gasteiger partial charge in [-0.05, 0) is 6.42 Å². The topological polar surface area (TPSA) is 54.0 Å². The maximum Gasteiger partial charge on any atom is 0.500 e. The maximum absolute atomic E-state index is 10.5. The molecule has 0 saturated carbocycles. The van der Waals surface area contributed by atoms with Gasteiger partial charge >= 0.3 is 14.8 Å². The van der Waals surface area contributed by atoms with Crippen LogP contribution >= 0.6 is 0 Å². The molecule has 0 aromatic carbocycles. The van der Waals surface area contributed by atoms with E-state index in [2.05, 4.69) is 0 Å². The lowest BCUT2D eigenvalue weighted by molar-refractivity contribution is -0.141. The van der Waals surface area contributed by atoms with E-state index in [0.717, 1.165) is 0 Å². The summed E-state index contributed by atoms with van der Waals surface area (Å²) in [5.74, 6) is -0.274. The molecule has 5 nitrogen and oxygen atoms in total. The quantitative estimate of drug-likeness (QED) is 0.362. The molecule has 0 aromatic heterocycles. The highest BCUT2D eigenvalue weighted by Crippen LogP contribution is 2.14. The molecule has 14 heavy (non-hydrogen) atoms. The standard InChI is InChI=1S/C8H18O5Si/c1-8(9)13-6-5-7-14(10-2,11-3)12-4/h5-7H2,1-4H3. The zero-order chi connectivity index (χ0) is 11.0. The van der Waals surface area contributed by atoms with Gasteiger partial charge in [0.25, 0.3) is 0 Å². The summed E-state index contributed by atoms with van der Waals surface area (Å²) >= 11 is 0. The summed E-state index contributed by atoms with van der Waals surface area (Å²) in [7, 11) is 2.20. The van der Waals surface area contributed by atoms with Gasteiger partial charge < -0.3 is 18.0 Å². The minimum atomic E-state index is -2.48. The highest BCUT2D eigenvalue weighted by atomic mass is 28.4. The first-order chi connectivity index (χ1) is 6.60. The first-order valence-corrected chi connectivity index (χ1v) is 6.32. The van der Waals surface area contributed by atoms with E-state index in [0.29, 0.717) is 19.1 Å². The summed E-state index contributed by atoms with van der Waals surface area (Å²) in [6.45, 7) is 1.76. The zero-order valence-corrected chi connectivity index (χ0v) is 10.2. The Hall–Kier alpha value is -0.433. The lowest BCUT2D eigenvalue weighted by Gasteiger charge is -2.23. The van der Waals surface area contributed by atoms with Crippen molar-refractivity contribution < 1.29 is 22.8 Å². The van der Waals surface area contributed by atoms with Crippen molar-refractivity contribution in [1.82, 2.24) is 0 Å². The molecule has 0 aliphatic heterocycles. The van der Waals surface area contributed by atoms with E-state index in [-0.39, 0.29) is 5.97 Å². The van der Waals surface area contributed by atoms with Crippen LogP contribution < -0.4 is 0 Å². The molecule has 0 fully saturated rings. The fraction of sp³-hybridized carbons (Fsp3) is 0.875. The smallest absolute Gasteiger partial charge is 0.466 e. The number of carbonyl (C=O) groups excluding carboxylic acids is 1. The fourth-order valence-electron chi connectivity index (χ4n) is 1.06. The van der Waals surface area contributed by atoms with E-state index in [1.165, 1.54) is 6.92 Å². The molecule has 0 bridgehead atoms. The highest BCUT2D eigenvalue weighted by molar-refractivity contribution is 6.60. The Morgan fingerprint density at radius 3 is 2.00 bits per heavy atom. The lowest BCUT2D eigenvalue weighted by Crippen LogP contribution is -2.42. The van der Waals surface area contributed by atoms with Crippen LogP contribution in [0.2, 0.25) is 6.04 Å². The summed E-state index contributed by atoms with van der Waals surface area (Å²) in [5, 5.41) is 0. The van der Waals surface area contributed by atoms with Crippen LogP contribution in [0.5, 0.6) is 0 Å². The molecule has 0 radical (unpaired) electrons. The van der Waals surface area contributed by atoms with Gasteiger partial charge in [-0.25, -0.2) is 0 Å². The largest absolute Gasteiger partial charge is 0.500 e. The van der Waals surface area contributed by atoms with Gasteiger partial charge in [0, 0.05) is 34.3 Å². The van der Waals surface area contributed by atoms with Crippen molar-refractivity contribution >= 4 is 14.8 Å². The van der Waals surface area contributed by atoms with Gasteiger partial charge in [-0.3, -0.25) is 4.79 Å². The Kier molecular flexibility index (Phi) is 6.72. The Labute approximate surface area is 85.7 Å². The third-order valence-corrected chi connectivity index (χ3v) is 4.70. The molecule has 0 heterocycles. The number of hydrogen-bond acceptors (Lipinski definition) is 5. The second kappa shape index (κ2) is 6.94. The molecule has 0 atom stereocenters. The van der Waals surface area contributed by atoms with Gasteiger partial charge in [0.1, 0.15) is 0 Å². The monoisotopic (exact) mass is 222 g/mol. The van der Waals surface area contributed by atoms with Crippen molar-refractivity contribution in [3.05, 3.63) is 0 Å². The normalized spacial score (nSPS) is 11.4. The van der Waals surface area contributed by atoms with Crippen molar-refractivity contribution in [2.24, 2.45) is 0 Å². The summed E-state index contributed by atoms with van der Waals surface area (Å²) < 4.78 is 20.4. The predicted molar refractivity (Wildman–Crippen MR) is 52.8 cm³/mol. The molecule has 0 rings (SSSR count). The van der Waals surface area contributed by atoms with E-state index in [1.54, 1.807) is 21.3 Å². The van der Waals surface area contributed by atoms with E-state index < -0.39 is 8.80 Å². The summed E-state index contributed by atoms with van der Waals surface area (Å²) in [4.78, 5) is 10.5. The molecule has 0 saturated heterocycles. The van der Waals surface area contributed by atoms with Crippen LogP contribution in [0.25, 0.3) is 0 Å². The van der Waals surface area contributed by atoms with Crippen LogP contribution in [0.1, 0.15) is 13.3 Å². The minimum absolute atomic E-state index is 0.274. The Bertz CT molecular complexity index is 161. The van der Waals surface area contributed by atoms with Crippen LogP contribution in [-0.4, -0.2) is 42.7 Å². The Balaban J connectivity index is 3.77. The maximum atomic E-state index is 10.5. The van der Waals surface area contributed by atoms with Crippen molar-refractivity contribution in [3.63, 3.8) is 0 Å². The van der Waals surface area contributed by atoms with Crippen LogP contribution in [0.3, 0.4) is 0 Å². The second-order valence-corrected chi connectivity index (χ2v) is 5.83. The fourth-order valence-corrected chi connectivity index (χ4v) is 2.75. The zero-order valence-electron chi connectivity index (χ0n) is 9.16. The van der Waals surface area contributed by atoms with Crippen LogP contribution in [0.4, 0.5) is 0 Å². The second-order valence-electron chi connectivity index (χ2n) is 2.74. The molecular weight excluding hydrogens is 204 g/mol. The van der Waals surface area contributed by atoms with E-state index in [1.807, 2.05) is 0 Å². The number of rotatable bonds is 7. The molecule has 0 aromatic rings. The van der Waals surface area contributed by atoms with Gasteiger partial charge in [-0.15, -0.1) is 0 Å². The Morgan fingerprint density at radius 2 is 1.64 bits per heavy atom. The molecule has 6 heteroatoms. The number of esters is 1. The number of hydrogen-bond donors (Lipinski definition) is 0. The van der Waals surface area contributed by atoms with Gasteiger partial charge in [0.2, 0.25) is 0 Å². The summed E-state index contributed by atoms with van der Waals surface area (Å²) in [6, 6.07) is 0.643. The van der Waals surface area contributed by atoms with Gasteiger partial charge in [-0.1, -0.05) is 0 Å². The average molecular weight is 222 g/mol. The van der Waals surface area contributed by atoms with Crippen molar-refractivity contribution in [2.45, 2.75) is 19.4 Å². The first-order valence-electron chi connectivity index (χ1n) is 4.39. The van der Waals surface area contributed by atoms with Crippen molar-refractivity contribution in [3.8, 4) is 0 Å². The third kappa shape index (κ3) is 4.71. The number of carbonyl (C=O) groups is 1. The van der Waals surface area contributed by atoms with E-state index >= 15 is 0 Å². The Morgan fingerprint density at radius 1 is 1.14 bits per heavy atom. The van der Waals surface area contributed by atoms with Crippen LogP contribution in [0.15, 0.2) is 0 Å². The van der Waals surface area contributed by atoms with E-state index in [4.69, 9.17) is 18.0 Å². The van der Waals surface area contributed by atoms with Crippen molar-refractivity contribution in [2.75, 3.05) is 27.9 Å². The van der Waals surface area contributed by atoms with Gasteiger partial charge in [0.05, 0.1) is 6.61 Å². The first kappa shape index (κ1) is 13.6. The average Bonchev–Trinajstić information content (AvgIpc) is 2.19.